The molecule has 4 unspecified atom stereocenters. The summed E-state index contributed by atoms with van der Waals surface area (Å²) in [4.78, 5) is 0. The van der Waals surface area contributed by atoms with Crippen molar-refractivity contribution in [1.29, 1.82) is 0 Å². The molecule has 0 rings (SSSR count). The molecule has 0 aromatic rings. The van der Waals surface area contributed by atoms with Crippen molar-refractivity contribution in [3.8, 4) is 0 Å². The second kappa shape index (κ2) is 4.70. The number of hydrogen-bond acceptors (Lipinski definition) is 2. The first-order valence-electron chi connectivity index (χ1n) is 3.65. The van der Waals surface area contributed by atoms with E-state index in [0.717, 1.165) is 0 Å². The van der Waals surface area contributed by atoms with Gasteiger partial charge < -0.3 is 10.2 Å². The van der Waals surface area contributed by atoms with Crippen molar-refractivity contribution in [3.05, 3.63) is 0 Å². The highest BCUT2D eigenvalue weighted by Gasteiger charge is 2.65. The van der Waals surface area contributed by atoms with Gasteiger partial charge in [-0.2, -0.15) is 17.6 Å². The van der Waals surface area contributed by atoms with Gasteiger partial charge in [-0.15, -0.1) is 0 Å². The largest absolute Gasteiger partial charge is 0.420 e. The van der Waals surface area contributed by atoms with Crippen molar-refractivity contribution in [2.75, 3.05) is 0 Å². The molecule has 0 fully saturated rings. The highest BCUT2D eigenvalue weighted by atomic mass is 19.3. The maximum Gasteiger partial charge on any atom is 0.420 e. The average Bonchev–Trinajstić information content (AvgIpc) is 2.12. The Morgan fingerprint density at radius 2 is 1.19 bits per heavy atom. The van der Waals surface area contributed by atoms with E-state index in [9.17, 15) is 35.1 Å². The van der Waals surface area contributed by atoms with Gasteiger partial charge >= 0.3 is 12.0 Å². The molecule has 0 radical (unpaired) electrons. The molecular formula is C6H6F8O2. The van der Waals surface area contributed by atoms with E-state index in [2.05, 4.69) is 0 Å². The number of aliphatic hydroxyl groups excluding tert-OH is 1. The van der Waals surface area contributed by atoms with Crippen LogP contribution in [0.15, 0.2) is 0 Å². The van der Waals surface area contributed by atoms with Crippen LogP contribution < -0.4 is 0 Å². The summed E-state index contributed by atoms with van der Waals surface area (Å²) in [6, 6.07) is 0. The van der Waals surface area contributed by atoms with Crippen molar-refractivity contribution in [2.24, 2.45) is 0 Å². The van der Waals surface area contributed by atoms with E-state index in [1.165, 1.54) is 0 Å². The zero-order valence-electron chi connectivity index (χ0n) is 7.23. The van der Waals surface area contributed by atoms with Crippen molar-refractivity contribution < 1.29 is 45.3 Å². The predicted molar refractivity (Wildman–Crippen MR) is 33.9 cm³/mol. The van der Waals surface area contributed by atoms with Crippen molar-refractivity contribution >= 4 is 0 Å². The van der Waals surface area contributed by atoms with Gasteiger partial charge in [0, 0.05) is 0 Å². The fourth-order valence-corrected chi connectivity index (χ4v) is 0.679. The van der Waals surface area contributed by atoms with Crippen molar-refractivity contribution in [3.63, 3.8) is 0 Å². The standard InChI is InChI=1S/C6H6F8O2/c7-1(2(8)4(10)15)3(9)5(11,12)6(13,14)16/h1-4,15-16H. The summed E-state index contributed by atoms with van der Waals surface area (Å²) in [7, 11) is 0. The molecule has 0 aliphatic heterocycles. The molecule has 0 aliphatic carbocycles. The fourth-order valence-electron chi connectivity index (χ4n) is 0.679. The zero-order chi connectivity index (χ0) is 13.3. The lowest BCUT2D eigenvalue weighted by molar-refractivity contribution is -0.349. The zero-order valence-corrected chi connectivity index (χ0v) is 7.23. The minimum atomic E-state index is -5.95. The summed E-state index contributed by atoms with van der Waals surface area (Å²) < 4.78 is 96.5. The Morgan fingerprint density at radius 3 is 1.44 bits per heavy atom. The average molecular weight is 262 g/mol. The molecule has 2 N–H and O–H groups in total. The van der Waals surface area contributed by atoms with E-state index < -0.39 is 36.9 Å². The van der Waals surface area contributed by atoms with Crippen LogP contribution in [0.4, 0.5) is 35.1 Å². The molecule has 0 spiro atoms. The van der Waals surface area contributed by atoms with Gasteiger partial charge in [0.05, 0.1) is 0 Å². The SMILES string of the molecule is OC(F)C(F)C(F)C(F)C(F)(F)C(O)(F)F. The molecule has 0 saturated carbocycles. The van der Waals surface area contributed by atoms with E-state index in [1.807, 2.05) is 0 Å². The van der Waals surface area contributed by atoms with Crippen molar-refractivity contribution in [1.82, 2.24) is 0 Å². The van der Waals surface area contributed by atoms with Crippen LogP contribution in [0.1, 0.15) is 0 Å². The maximum atomic E-state index is 12.4. The molecule has 4 atom stereocenters. The monoisotopic (exact) mass is 262 g/mol. The Morgan fingerprint density at radius 1 is 0.812 bits per heavy atom. The van der Waals surface area contributed by atoms with Gasteiger partial charge in [0.25, 0.3) is 0 Å². The minimum absolute atomic E-state index is 3.66. The Bertz CT molecular complexity index is 227. The van der Waals surface area contributed by atoms with E-state index >= 15 is 0 Å². The number of rotatable bonds is 5. The van der Waals surface area contributed by atoms with Crippen LogP contribution in [0.2, 0.25) is 0 Å². The molecule has 0 aliphatic rings. The molecule has 16 heavy (non-hydrogen) atoms. The maximum absolute atomic E-state index is 12.4. The first-order chi connectivity index (χ1) is 6.93. The first-order valence-corrected chi connectivity index (χ1v) is 3.65. The molecular weight excluding hydrogens is 256 g/mol. The number of halogens is 8. The molecule has 0 bridgehead atoms. The molecule has 2 nitrogen and oxygen atoms in total. The van der Waals surface area contributed by atoms with Crippen LogP contribution in [0.5, 0.6) is 0 Å². The third kappa shape index (κ3) is 2.94. The van der Waals surface area contributed by atoms with E-state index in [1.54, 1.807) is 0 Å². The molecule has 0 heterocycles. The highest BCUT2D eigenvalue weighted by Crippen LogP contribution is 2.39. The molecule has 10 heteroatoms. The van der Waals surface area contributed by atoms with Crippen LogP contribution in [0.3, 0.4) is 0 Å². The van der Waals surface area contributed by atoms with E-state index in [-0.39, 0.29) is 0 Å². The number of hydrogen-bond donors (Lipinski definition) is 2. The van der Waals surface area contributed by atoms with Gasteiger partial charge in [0.2, 0.25) is 12.5 Å². The van der Waals surface area contributed by atoms with Gasteiger partial charge in [-0.3, -0.25) is 0 Å². The second-order valence-electron chi connectivity index (χ2n) is 2.83. The Kier molecular flexibility index (Phi) is 4.51. The molecule has 98 valence electrons. The minimum Gasteiger partial charge on any atom is -0.362 e. The van der Waals surface area contributed by atoms with Gasteiger partial charge in [-0.05, 0) is 0 Å². The molecule has 0 amide bonds. The quantitative estimate of drug-likeness (QED) is 0.737. The lowest BCUT2D eigenvalue weighted by Crippen LogP contribution is -2.54. The lowest BCUT2D eigenvalue weighted by Gasteiger charge is -2.27. The van der Waals surface area contributed by atoms with Crippen LogP contribution in [0.25, 0.3) is 0 Å². The van der Waals surface area contributed by atoms with Gasteiger partial charge in [-0.1, -0.05) is 0 Å². The summed E-state index contributed by atoms with van der Waals surface area (Å²) in [5.41, 5.74) is 0. The summed E-state index contributed by atoms with van der Waals surface area (Å²) in [5.74, 6) is -5.95. The highest BCUT2D eigenvalue weighted by molar-refractivity contribution is 4.92. The number of alkyl halides is 8. The Hall–Kier alpha value is -0.640. The second-order valence-corrected chi connectivity index (χ2v) is 2.83. The van der Waals surface area contributed by atoms with E-state index in [0.29, 0.717) is 0 Å². The van der Waals surface area contributed by atoms with Crippen LogP contribution in [-0.2, 0) is 0 Å². The van der Waals surface area contributed by atoms with Crippen LogP contribution >= 0.6 is 0 Å². The van der Waals surface area contributed by atoms with Crippen LogP contribution in [-0.4, -0.2) is 47.1 Å². The summed E-state index contributed by atoms with van der Waals surface area (Å²) in [5, 5.41) is 15.3. The number of aliphatic hydroxyl groups is 2. The Labute approximate surface area is 83.5 Å². The third-order valence-corrected chi connectivity index (χ3v) is 1.59. The summed E-state index contributed by atoms with van der Waals surface area (Å²) in [6.45, 7) is 0. The first kappa shape index (κ1) is 15.4. The Balaban J connectivity index is 4.86. The van der Waals surface area contributed by atoms with Crippen molar-refractivity contribution in [2.45, 2.75) is 36.9 Å². The topological polar surface area (TPSA) is 40.5 Å². The smallest absolute Gasteiger partial charge is 0.362 e. The predicted octanol–water partition coefficient (Wildman–Crippen LogP) is 1.51. The van der Waals surface area contributed by atoms with Crippen LogP contribution in [0, 0.1) is 0 Å². The fraction of sp³-hybridized carbons (Fsp3) is 1.00. The lowest BCUT2D eigenvalue weighted by atomic mass is 10.0. The molecule has 0 aromatic carbocycles. The normalized spacial score (nSPS) is 21.4. The van der Waals surface area contributed by atoms with Gasteiger partial charge in [-0.25, -0.2) is 17.6 Å². The molecule has 0 saturated heterocycles. The third-order valence-electron chi connectivity index (χ3n) is 1.59. The van der Waals surface area contributed by atoms with Gasteiger partial charge in [0.1, 0.15) is 0 Å². The summed E-state index contributed by atoms with van der Waals surface area (Å²) in [6.07, 6.45) is -22.0. The summed E-state index contributed by atoms with van der Waals surface area (Å²) >= 11 is 0. The van der Waals surface area contributed by atoms with Gasteiger partial charge in [0.15, 0.2) is 12.3 Å². The molecule has 0 aromatic heterocycles. The van der Waals surface area contributed by atoms with E-state index in [4.69, 9.17) is 10.2 Å².